The van der Waals surface area contributed by atoms with Crippen molar-refractivity contribution in [2.75, 3.05) is 18.6 Å². The smallest absolute Gasteiger partial charge is 0.326 e. The summed E-state index contributed by atoms with van der Waals surface area (Å²) in [6, 6.07) is -1.45. The zero-order valence-electron chi connectivity index (χ0n) is 11.8. The van der Waals surface area contributed by atoms with E-state index < -0.39 is 27.9 Å². The van der Waals surface area contributed by atoms with Gasteiger partial charge in [-0.1, -0.05) is 6.92 Å². The third kappa shape index (κ3) is 4.99. The highest BCUT2D eigenvalue weighted by Gasteiger charge is 2.30. The van der Waals surface area contributed by atoms with Crippen molar-refractivity contribution in [1.82, 2.24) is 10.2 Å². The van der Waals surface area contributed by atoms with Gasteiger partial charge in [0, 0.05) is 18.8 Å². The summed E-state index contributed by atoms with van der Waals surface area (Å²) in [4.78, 5) is 24.8. The Labute approximate surface area is 119 Å². The SMILES string of the molecule is CCC1CCCN1C(=O)NC(CCS(C)(=O)=O)C(=O)O. The molecule has 7 nitrogen and oxygen atoms in total. The molecule has 0 aliphatic carbocycles. The van der Waals surface area contributed by atoms with Crippen molar-refractivity contribution in [3.8, 4) is 0 Å². The van der Waals surface area contributed by atoms with Gasteiger partial charge in [0.1, 0.15) is 15.9 Å². The molecule has 2 amide bonds. The van der Waals surface area contributed by atoms with E-state index in [1.807, 2.05) is 6.92 Å². The van der Waals surface area contributed by atoms with Gasteiger partial charge >= 0.3 is 12.0 Å². The van der Waals surface area contributed by atoms with Crippen LogP contribution in [0.1, 0.15) is 32.6 Å². The van der Waals surface area contributed by atoms with E-state index in [4.69, 9.17) is 5.11 Å². The zero-order valence-corrected chi connectivity index (χ0v) is 12.6. The minimum Gasteiger partial charge on any atom is -0.480 e. The van der Waals surface area contributed by atoms with Gasteiger partial charge in [0.05, 0.1) is 5.75 Å². The number of carboxylic acids is 1. The van der Waals surface area contributed by atoms with Gasteiger partial charge in [-0.25, -0.2) is 18.0 Å². The summed E-state index contributed by atoms with van der Waals surface area (Å²) >= 11 is 0. The van der Waals surface area contributed by atoms with Crippen LogP contribution in [-0.4, -0.2) is 61.1 Å². The van der Waals surface area contributed by atoms with E-state index >= 15 is 0 Å². The normalized spacial score (nSPS) is 20.7. The topological polar surface area (TPSA) is 104 Å². The van der Waals surface area contributed by atoms with Gasteiger partial charge in [0.2, 0.25) is 0 Å². The van der Waals surface area contributed by atoms with Crippen molar-refractivity contribution in [2.45, 2.75) is 44.7 Å². The minimum atomic E-state index is -3.25. The molecule has 116 valence electrons. The summed E-state index contributed by atoms with van der Waals surface area (Å²) in [5.74, 6) is -1.48. The molecule has 0 aromatic rings. The van der Waals surface area contributed by atoms with Crippen molar-refractivity contribution < 1.29 is 23.1 Å². The number of rotatable bonds is 6. The number of urea groups is 1. The van der Waals surface area contributed by atoms with Gasteiger partial charge in [0.25, 0.3) is 0 Å². The summed E-state index contributed by atoms with van der Waals surface area (Å²) in [5, 5.41) is 11.5. The molecule has 0 radical (unpaired) electrons. The number of hydrogen-bond donors (Lipinski definition) is 2. The minimum absolute atomic E-state index is 0.120. The second-order valence-corrected chi connectivity index (χ2v) is 7.42. The van der Waals surface area contributed by atoms with Gasteiger partial charge in [-0.05, 0) is 25.7 Å². The maximum atomic E-state index is 12.1. The average Bonchev–Trinajstić information content (AvgIpc) is 2.80. The molecule has 0 spiro atoms. The van der Waals surface area contributed by atoms with Gasteiger partial charge in [-0.15, -0.1) is 0 Å². The molecule has 0 saturated carbocycles. The first kappa shape index (κ1) is 16.7. The van der Waals surface area contributed by atoms with E-state index in [1.54, 1.807) is 4.90 Å². The van der Waals surface area contributed by atoms with Gasteiger partial charge in [0.15, 0.2) is 0 Å². The second kappa shape index (κ2) is 6.92. The van der Waals surface area contributed by atoms with Gasteiger partial charge in [-0.2, -0.15) is 0 Å². The fourth-order valence-electron chi connectivity index (χ4n) is 2.35. The molecule has 0 bridgehead atoms. The van der Waals surface area contributed by atoms with Crippen LogP contribution in [0, 0.1) is 0 Å². The van der Waals surface area contributed by atoms with Crippen LogP contribution in [0.3, 0.4) is 0 Å². The lowest BCUT2D eigenvalue weighted by Gasteiger charge is -2.26. The van der Waals surface area contributed by atoms with Crippen LogP contribution in [-0.2, 0) is 14.6 Å². The molecule has 20 heavy (non-hydrogen) atoms. The molecule has 1 aliphatic heterocycles. The molecule has 2 unspecified atom stereocenters. The molecular formula is C12H22N2O5S. The molecule has 1 fully saturated rings. The largest absolute Gasteiger partial charge is 0.480 e. The fourth-order valence-corrected chi connectivity index (χ4v) is 3.01. The first-order chi connectivity index (χ1) is 9.24. The average molecular weight is 306 g/mol. The number of likely N-dealkylation sites (tertiary alicyclic amines) is 1. The van der Waals surface area contributed by atoms with Crippen LogP contribution >= 0.6 is 0 Å². The lowest BCUT2D eigenvalue weighted by molar-refractivity contribution is -0.139. The molecule has 0 aromatic carbocycles. The Morgan fingerprint density at radius 1 is 1.45 bits per heavy atom. The third-order valence-electron chi connectivity index (χ3n) is 3.48. The van der Waals surface area contributed by atoms with E-state index in [9.17, 15) is 18.0 Å². The van der Waals surface area contributed by atoms with Crippen LogP contribution in [0.4, 0.5) is 4.79 Å². The number of nitrogens with one attached hydrogen (secondary N) is 1. The van der Waals surface area contributed by atoms with Crippen LogP contribution in [0.2, 0.25) is 0 Å². The van der Waals surface area contributed by atoms with Crippen LogP contribution in [0.5, 0.6) is 0 Å². The maximum absolute atomic E-state index is 12.1. The van der Waals surface area contributed by atoms with Crippen molar-refractivity contribution in [2.24, 2.45) is 0 Å². The predicted octanol–water partition coefficient (Wildman–Crippen LogP) is 0.458. The monoisotopic (exact) mass is 306 g/mol. The molecule has 8 heteroatoms. The number of carbonyl (C=O) groups is 2. The zero-order chi connectivity index (χ0) is 15.3. The van der Waals surface area contributed by atoms with E-state index in [2.05, 4.69) is 5.32 Å². The number of aliphatic carboxylic acids is 1. The van der Waals surface area contributed by atoms with E-state index in [0.29, 0.717) is 6.54 Å². The summed E-state index contributed by atoms with van der Waals surface area (Å²) in [6.45, 7) is 2.59. The molecule has 1 aliphatic rings. The molecule has 2 N–H and O–H groups in total. The number of amides is 2. The van der Waals surface area contributed by atoms with E-state index in [1.165, 1.54) is 0 Å². The van der Waals surface area contributed by atoms with Crippen molar-refractivity contribution in [1.29, 1.82) is 0 Å². The Morgan fingerprint density at radius 2 is 2.10 bits per heavy atom. The standard InChI is InChI=1S/C12H22N2O5S/c1-3-9-5-4-7-14(9)12(17)13-10(11(15)16)6-8-20(2,18)19/h9-10H,3-8H2,1-2H3,(H,13,17)(H,15,16). The quantitative estimate of drug-likeness (QED) is 0.742. The summed E-state index contributed by atoms with van der Waals surface area (Å²) in [7, 11) is -3.25. The third-order valence-corrected chi connectivity index (χ3v) is 4.46. The highest BCUT2D eigenvalue weighted by Crippen LogP contribution is 2.19. The van der Waals surface area contributed by atoms with Crippen molar-refractivity contribution in [3.05, 3.63) is 0 Å². The first-order valence-electron chi connectivity index (χ1n) is 6.72. The Balaban J connectivity index is 2.61. The summed E-state index contributed by atoms with van der Waals surface area (Å²) in [5.41, 5.74) is 0. The number of carbonyl (C=O) groups excluding carboxylic acids is 1. The lowest BCUT2D eigenvalue weighted by Crippen LogP contribution is -2.49. The molecule has 0 aromatic heterocycles. The molecule has 1 saturated heterocycles. The Kier molecular flexibility index (Phi) is 5.79. The van der Waals surface area contributed by atoms with Gasteiger partial charge < -0.3 is 15.3 Å². The van der Waals surface area contributed by atoms with Crippen molar-refractivity contribution >= 4 is 21.8 Å². The van der Waals surface area contributed by atoms with Crippen LogP contribution < -0.4 is 5.32 Å². The molecule has 1 rings (SSSR count). The molecular weight excluding hydrogens is 284 g/mol. The number of hydrogen-bond acceptors (Lipinski definition) is 4. The highest BCUT2D eigenvalue weighted by molar-refractivity contribution is 7.90. The van der Waals surface area contributed by atoms with Crippen LogP contribution in [0.15, 0.2) is 0 Å². The van der Waals surface area contributed by atoms with E-state index in [0.717, 1.165) is 25.5 Å². The lowest BCUT2D eigenvalue weighted by atomic mass is 10.2. The Hall–Kier alpha value is -1.31. The summed E-state index contributed by atoms with van der Waals surface area (Å²) in [6.07, 6.45) is 3.58. The van der Waals surface area contributed by atoms with Crippen LogP contribution in [0.25, 0.3) is 0 Å². The van der Waals surface area contributed by atoms with E-state index in [-0.39, 0.29) is 18.2 Å². The summed E-state index contributed by atoms with van der Waals surface area (Å²) < 4.78 is 22.2. The predicted molar refractivity (Wildman–Crippen MR) is 74.3 cm³/mol. The fraction of sp³-hybridized carbons (Fsp3) is 0.833. The number of nitrogens with zero attached hydrogens (tertiary/aromatic N) is 1. The molecule has 2 atom stereocenters. The molecule has 1 heterocycles. The Bertz CT molecular complexity index is 462. The number of carboxylic acid groups (broad SMARTS) is 1. The second-order valence-electron chi connectivity index (χ2n) is 5.16. The van der Waals surface area contributed by atoms with Crippen molar-refractivity contribution in [3.63, 3.8) is 0 Å². The maximum Gasteiger partial charge on any atom is 0.326 e. The van der Waals surface area contributed by atoms with Gasteiger partial charge in [-0.3, -0.25) is 0 Å². The number of sulfone groups is 1. The first-order valence-corrected chi connectivity index (χ1v) is 8.78. The Morgan fingerprint density at radius 3 is 2.60 bits per heavy atom. The highest BCUT2D eigenvalue weighted by atomic mass is 32.2.